The number of aromatic nitrogens is 3. The second kappa shape index (κ2) is 6.80. The van der Waals surface area contributed by atoms with Gasteiger partial charge in [-0.2, -0.15) is 4.68 Å². The number of hydrogen-bond acceptors (Lipinski definition) is 6. The lowest BCUT2D eigenvalue weighted by atomic mass is 9.79. The molecule has 1 N–H and O–H groups in total. The van der Waals surface area contributed by atoms with E-state index in [1.54, 1.807) is 57.2 Å². The van der Waals surface area contributed by atoms with Gasteiger partial charge in [-0.25, -0.2) is 23.6 Å². The zero-order valence-electron chi connectivity index (χ0n) is 18.8. The van der Waals surface area contributed by atoms with Crippen LogP contribution < -0.4 is 11.4 Å². The summed E-state index contributed by atoms with van der Waals surface area (Å²) in [6.45, 7) is 6.58. The van der Waals surface area contributed by atoms with E-state index < -0.39 is 58.6 Å². The van der Waals surface area contributed by atoms with Gasteiger partial charge in [-0.1, -0.05) is 24.3 Å². The van der Waals surface area contributed by atoms with Crippen molar-refractivity contribution >= 4 is 11.9 Å². The molecule has 6 rings (SSSR count). The monoisotopic (exact) mass is 454 g/mol. The molecule has 5 atom stereocenters. The highest BCUT2D eigenvalue weighted by molar-refractivity contribution is 5.94. The lowest BCUT2D eigenvalue weighted by molar-refractivity contribution is -0.200. The second-order valence-electron chi connectivity index (χ2n) is 9.82. The van der Waals surface area contributed by atoms with Crippen LogP contribution in [0.4, 0.5) is 0 Å². The van der Waals surface area contributed by atoms with Crippen LogP contribution in [-0.2, 0) is 20.0 Å². The van der Waals surface area contributed by atoms with Crippen LogP contribution in [0.2, 0.25) is 0 Å². The van der Waals surface area contributed by atoms with Gasteiger partial charge in [-0.05, 0) is 52.3 Å². The molecule has 174 valence electrons. The molecule has 1 amide bonds. The zero-order valence-corrected chi connectivity index (χ0v) is 18.8. The van der Waals surface area contributed by atoms with Crippen molar-refractivity contribution < 1.29 is 19.4 Å². The predicted molar refractivity (Wildman–Crippen MR) is 117 cm³/mol. The van der Waals surface area contributed by atoms with Crippen molar-refractivity contribution in [3.05, 3.63) is 63.5 Å². The molecule has 4 aliphatic heterocycles. The Morgan fingerprint density at radius 3 is 2.42 bits per heavy atom. The molecule has 4 aliphatic rings. The van der Waals surface area contributed by atoms with E-state index in [4.69, 9.17) is 4.74 Å². The lowest BCUT2D eigenvalue weighted by Crippen LogP contribution is -2.74. The first-order valence-electron chi connectivity index (χ1n) is 11.0. The van der Waals surface area contributed by atoms with E-state index in [-0.39, 0.29) is 6.42 Å². The van der Waals surface area contributed by atoms with Crippen LogP contribution >= 0.6 is 0 Å². The SMILES string of the molecule is C[C@@H](O)[C@H]1C(=O)N2[C@@H]1C[C@@H]1C=C[C@@]2(C(=O)OC(C)(C)C)n2c(=O)n(-c3ccccc3)c(=O)n21. The topological polar surface area (TPSA) is 116 Å². The molecule has 5 heterocycles. The third-order valence-corrected chi connectivity index (χ3v) is 6.52. The van der Waals surface area contributed by atoms with Crippen molar-refractivity contribution in [2.45, 2.75) is 63.6 Å². The number of carbonyl (C=O) groups is 2. The number of allylic oxidation sites excluding steroid dienone is 1. The first-order chi connectivity index (χ1) is 15.5. The van der Waals surface area contributed by atoms with Crippen LogP contribution in [0.5, 0.6) is 0 Å². The summed E-state index contributed by atoms with van der Waals surface area (Å²) in [6, 6.07) is 7.30. The van der Waals surface area contributed by atoms with Crippen LogP contribution in [0.15, 0.2) is 52.1 Å². The van der Waals surface area contributed by atoms with Gasteiger partial charge in [0.1, 0.15) is 5.60 Å². The van der Waals surface area contributed by atoms with Gasteiger partial charge in [0.15, 0.2) is 0 Å². The second-order valence-corrected chi connectivity index (χ2v) is 9.82. The van der Waals surface area contributed by atoms with Crippen LogP contribution in [0.1, 0.15) is 40.2 Å². The number of benzene rings is 1. The van der Waals surface area contributed by atoms with Crippen molar-refractivity contribution in [2.75, 3.05) is 0 Å². The summed E-state index contributed by atoms with van der Waals surface area (Å²) < 4.78 is 8.97. The minimum atomic E-state index is -1.97. The van der Waals surface area contributed by atoms with E-state index in [2.05, 4.69) is 0 Å². The molecule has 10 nitrogen and oxygen atoms in total. The van der Waals surface area contributed by atoms with Gasteiger partial charge < -0.3 is 14.7 Å². The molecule has 2 aromatic rings. The maximum absolute atomic E-state index is 13.7. The first-order valence-corrected chi connectivity index (χ1v) is 11.0. The fourth-order valence-electron chi connectivity index (χ4n) is 5.23. The van der Waals surface area contributed by atoms with Crippen molar-refractivity contribution in [2.24, 2.45) is 5.92 Å². The van der Waals surface area contributed by atoms with Gasteiger partial charge in [0.25, 0.3) is 5.66 Å². The number of carbonyl (C=O) groups excluding carboxylic acids is 2. The normalized spacial score (nSPS) is 28.6. The number of rotatable bonds is 3. The number of ether oxygens (including phenoxy) is 1. The number of aliphatic hydroxyl groups is 1. The van der Waals surface area contributed by atoms with Gasteiger partial charge in [0.05, 0.1) is 29.8 Å². The molecule has 1 aromatic carbocycles. The summed E-state index contributed by atoms with van der Waals surface area (Å²) in [7, 11) is 0. The number of nitrogens with zero attached hydrogens (tertiary/aromatic N) is 4. The Bertz CT molecular complexity index is 1290. The van der Waals surface area contributed by atoms with Crippen molar-refractivity contribution in [3.8, 4) is 5.69 Å². The summed E-state index contributed by atoms with van der Waals surface area (Å²) in [5.41, 5.74) is -3.89. The van der Waals surface area contributed by atoms with E-state index in [0.717, 1.165) is 9.25 Å². The summed E-state index contributed by atoms with van der Waals surface area (Å²) in [5.74, 6) is -2.03. The van der Waals surface area contributed by atoms with E-state index in [1.165, 1.54) is 22.6 Å². The molecular weight excluding hydrogens is 428 g/mol. The highest BCUT2D eigenvalue weighted by Crippen LogP contribution is 2.48. The highest BCUT2D eigenvalue weighted by atomic mass is 16.6. The van der Waals surface area contributed by atoms with Gasteiger partial charge >= 0.3 is 17.3 Å². The summed E-state index contributed by atoms with van der Waals surface area (Å²) in [6.07, 6.45) is 2.49. The standard InChI is InChI=1S/C23H26N4O6/c1-13(28)17-16-12-15-10-11-23(25(16)18(17)29,19(30)33-22(2,3)4)27-21(32)24(20(31)26(15)27)14-8-6-5-7-9-14/h5-11,13,15-17,28H,12H2,1-4H3/t13-,15+,16-,17-,23+/m1/s1. The summed E-state index contributed by atoms with van der Waals surface area (Å²) in [5, 5.41) is 10.2. The number of aliphatic hydroxyl groups excluding tert-OH is 1. The van der Waals surface area contributed by atoms with Crippen LogP contribution in [0, 0.1) is 5.92 Å². The Labute approximate surface area is 189 Å². The van der Waals surface area contributed by atoms with E-state index >= 15 is 0 Å². The third kappa shape index (κ3) is 2.76. The first kappa shape index (κ1) is 21.4. The number of para-hydroxylation sites is 1. The van der Waals surface area contributed by atoms with E-state index in [9.17, 15) is 24.3 Å². The molecule has 0 radical (unpaired) electrons. The number of hydrogen-bond donors (Lipinski definition) is 1. The smallest absolute Gasteiger partial charge is 0.360 e. The third-order valence-electron chi connectivity index (χ3n) is 6.52. The average Bonchev–Trinajstić information content (AvgIpc) is 2.85. The quantitative estimate of drug-likeness (QED) is 0.411. The fraction of sp³-hybridized carbons (Fsp3) is 0.478. The average molecular weight is 454 g/mol. The molecule has 10 heteroatoms. The predicted octanol–water partition coefficient (Wildman–Crippen LogP) is 0.518. The van der Waals surface area contributed by atoms with E-state index in [0.29, 0.717) is 5.69 Å². The van der Waals surface area contributed by atoms with Gasteiger partial charge in [-0.3, -0.25) is 4.79 Å². The van der Waals surface area contributed by atoms with Crippen molar-refractivity contribution in [1.82, 2.24) is 18.8 Å². The maximum Gasteiger partial charge on any atom is 0.360 e. The molecule has 0 spiro atoms. The van der Waals surface area contributed by atoms with Gasteiger partial charge in [0, 0.05) is 0 Å². The number of esters is 1. The fourth-order valence-corrected chi connectivity index (χ4v) is 5.23. The van der Waals surface area contributed by atoms with Crippen molar-refractivity contribution in [3.63, 3.8) is 0 Å². The molecule has 2 bridgehead atoms. The molecule has 0 saturated carbocycles. The number of β-lactam (4-membered cyclic amide) rings is 1. The summed E-state index contributed by atoms with van der Waals surface area (Å²) in [4.78, 5) is 55.5. The molecule has 1 aromatic heterocycles. The largest absolute Gasteiger partial charge is 0.457 e. The molecule has 1 saturated heterocycles. The molecular formula is C23H26N4O6. The number of amides is 1. The maximum atomic E-state index is 13.7. The zero-order chi connectivity index (χ0) is 23.9. The molecule has 0 unspecified atom stereocenters. The van der Waals surface area contributed by atoms with Crippen LogP contribution in [0.25, 0.3) is 5.69 Å². The van der Waals surface area contributed by atoms with Crippen molar-refractivity contribution in [1.29, 1.82) is 0 Å². The molecule has 0 aliphatic carbocycles. The molecule has 33 heavy (non-hydrogen) atoms. The van der Waals surface area contributed by atoms with Gasteiger partial charge in [-0.15, -0.1) is 0 Å². The van der Waals surface area contributed by atoms with Gasteiger partial charge in [0.2, 0.25) is 5.91 Å². The van der Waals surface area contributed by atoms with E-state index in [1.807, 2.05) is 0 Å². The minimum absolute atomic E-state index is 0.278. The van der Waals surface area contributed by atoms with Crippen LogP contribution in [-0.4, -0.2) is 53.6 Å². The van der Waals surface area contributed by atoms with Crippen LogP contribution in [0.3, 0.4) is 0 Å². The highest BCUT2D eigenvalue weighted by Gasteiger charge is 2.66. The Balaban J connectivity index is 1.80. The Hall–Kier alpha value is -3.40. The Kier molecular flexibility index (Phi) is 4.42. The minimum Gasteiger partial charge on any atom is -0.457 e. The lowest BCUT2D eigenvalue weighted by Gasteiger charge is -2.53. The Morgan fingerprint density at radius 2 is 1.82 bits per heavy atom. The molecule has 1 fully saturated rings. The Morgan fingerprint density at radius 1 is 1.15 bits per heavy atom. The summed E-state index contributed by atoms with van der Waals surface area (Å²) >= 11 is 0.